The van der Waals surface area contributed by atoms with Crippen molar-refractivity contribution in [1.29, 1.82) is 0 Å². The second-order valence-electron chi connectivity index (χ2n) is 3.16. The van der Waals surface area contributed by atoms with Crippen LogP contribution < -0.4 is 0 Å². The molecule has 1 aliphatic rings. The minimum atomic E-state index is -0.982. The number of rotatable bonds is 2. The molecule has 1 atom stereocenters. The first kappa shape index (κ1) is 11.5. The first-order valence-electron chi connectivity index (χ1n) is 4.78. The fourth-order valence-corrected chi connectivity index (χ4v) is 2.41. The Morgan fingerprint density at radius 1 is 1.44 bits per heavy atom. The summed E-state index contributed by atoms with van der Waals surface area (Å²) in [4.78, 5) is 4.93. The summed E-state index contributed by atoms with van der Waals surface area (Å²) in [6.07, 6.45) is 1.65. The van der Waals surface area contributed by atoms with Gasteiger partial charge >= 0.3 is 0 Å². The summed E-state index contributed by atoms with van der Waals surface area (Å²) < 4.78 is 11.3. The molecular weight excluding hydrogens is 242 g/mol. The number of benzene rings is 1. The third-order valence-corrected chi connectivity index (χ3v) is 3.74. The summed E-state index contributed by atoms with van der Waals surface area (Å²) in [5.74, 6) is 0.980. The van der Waals surface area contributed by atoms with Gasteiger partial charge in [0.15, 0.2) is 0 Å². The van der Waals surface area contributed by atoms with Crippen molar-refractivity contribution < 1.29 is 4.21 Å². The highest BCUT2D eigenvalue weighted by atomic mass is 32.2. The van der Waals surface area contributed by atoms with Gasteiger partial charge in [-0.15, -0.1) is 10.2 Å². The standard InChI is InChI=1S/C10H11N3OS2/c1-16(14)9-4-2-3-8(7-9)12-13-10-11-5-6-15-10/h2-4,7H,5-6H2,1H3. The molecule has 1 unspecified atom stereocenters. The van der Waals surface area contributed by atoms with Crippen LogP contribution in [0.5, 0.6) is 0 Å². The van der Waals surface area contributed by atoms with E-state index in [1.54, 1.807) is 24.1 Å². The average Bonchev–Trinajstić information content (AvgIpc) is 2.79. The molecule has 0 saturated carbocycles. The summed E-state index contributed by atoms with van der Waals surface area (Å²) in [7, 11) is -0.982. The van der Waals surface area contributed by atoms with E-state index >= 15 is 0 Å². The number of nitrogens with zero attached hydrogens (tertiary/aromatic N) is 3. The fourth-order valence-electron chi connectivity index (χ4n) is 1.21. The quantitative estimate of drug-likeness (QED) is 0.761. The van der Waals surface area contributed by atoms with Crippen molar-refractivity contribution in [3.05, 3.63) is 24.3 Å². The van der Waals surface area contributed by atoms with Crippen molar-refractivity contribution in [3.63, 3.8) is 0 Å². The van der Waals surface area contributed by atoms with E-state index in [2.05, 4.69) is 15.2 Å². The maximum atomic E-state index is 11.3. The van der Waals surface area contributed by atoms with Crippen LogP contribution in [0.1, 0.15) is 0 Å². The summed E-state index contributed by atoms with van der Waals surface area (Å²) in [5.41, 5.74) is 0.711. The van der Waals surface area contributed by atoms with E-state index in [1.165, 1.54) is 0 Å². The highest BCUT2D eigenvalue weighted by Gasteiger charge is 2.05. The predicted octanol–water partition coefficient (Wildman–Crippen LogP) is 2.61. The Balaban J connectivity index is 2.14. The van der Waals surface area contributed by atoms with E-state index < -0.39 is 10.8 Å². The van der Waals surface area contributed by atoms with Gasteiger partial charge in [-0.2, -0.15) is 0 Å². The molecule has 0 amide bonds. The Morgan fingerprint density at radius 2 is 2.31 bits per heavy atom. The van der Waals surface area contributed by atoms with Crippen LogP contribution in [0.15, 0.2) is 44.4 Å². The molecule has 0 N–H and O–H groups in total. The molecule has 0 spiro atoms. The zero-order chi connectivity index (χ0) is 11.4. The molecule has 0 bridgehead atoms. The maximum Gasteiger partial charge on any atom is 0.204 e. The molecule has 1 aliphatic heterocycles. The van der Waals surface area contributed by atoms with E-state index in [9.17, 15) is 4.21 Å². The Labute approximate surface area is 101 Å². The van der Waals surface area contributed by atoms with Crippen molar-refractivity contribution in [1.82, 2.24) is 0 Å². The molecule has 1 aromatic rings. The number of thioether (sulfide) groups is 1. The summed E-state index contributed by atoms with van der Waals surface area (Å²) in [6.45, 7) is 0.817. The lowest BCUT2D eigenvalue weighted by atomic mass is 10.3. The van der Waals surface area contributed by atoms with Crippen molar-refractivity contribution in [3.8, 4) is 0 Å². The van der Waals surface area contributed by atoms with Crippen LogP contribution >= 0.6 is 11.8 Å². The van der Waals surface area contributed by atoms with Crippen LogP contribution in [-0.4, -0.2) is 27.9 Å². The zero-order valence-electron chi connectivity index (χ0n) is 8.79. The molecule has 16 heavy (non-hydrogen) atoms. The molecule has 6 heteroatoms. The summed E-state index contributed by atoms with van der Waals surface area (Å²) in [5, 5.41) is 8.83. The molecule has 0 aliphatic carbocycles. The van der Waals surface area contributed by atoms with Gasteiger partial charge in [-0.1, -0.05) is 17.8 Å². The Morgan fingerprint density at radius 3 is 3.00 bits per heavy atom. The lowest BCUT2D eigenvalue weighted by molar-refractivity contribution is 0.687. The van der Waals surface area contributed by atoms with E-state index in [-0.39, 0.29) is 0 Å². The Bertz CT molecular complexity index is 471. The first-order chi connectivity index (χ1) is 7.75. The first-order valence-corrected chi connectivity index (χ1v) is 7.32. The zero-order valence-corrected chi connectivity index (χ0v) is 10.4. The van der Waals surface area contributed by atoms with Crippen molar-refractivity contribution in [2.75, 3.05) is 18.6 Å². The van der Waals surface area contributed by atoms with Crippen LogP contribution in [-0.2, 0) is 10.8 Å². The second-order valence-corrected chi connectivity index (χ2v) is 5.61. The molecule has 1 heterocycles. The van der Waals surface area contributed by atoms with Gasteiger partial charge in [-0.05, 0) is 18.2 Å². The van der Waals surface area contributed by atoms with E-state index in [1.807, 2.05) is 18.2 Å². The van der Waals surface area contributed by atoms with Gasteiger partial charge in [0.1, 0.15) is 0 Å². The summed E-state index contributed by atoms with van der Waals surface area (Å²) >= 11 is 1.60. The molecule has 2 rings (SSSR count). The number of hydrogen-bond donors (Lipinski definition) is 0. The molecule has 0 aromatic heterocycles. The van der Waals surface area contributed by atoms with Crippen molar-refractivity contribution in [2.45, 2.75) is 4.90 Å². The SMILES string of the molecule is CS(=O)c1cccc(N=NC2=NCCS2)c1. The minimum absolute atomic E-state index is 0.711. The van der Waals surface area contributed by atoms with Crippen LogP contribution in [0, 0.1) is 0 Å². The highest BCUT2D eigenvalue weighted by molar-refractivity contribution is 8.14. The largest absolute Gasteiger partial charge is 0.258 e. The molecular formula is C10H11N3OS2. The maximum absolute atomic E-state index is 11.3. The van der Waals surface area contributed by atoms with Gasteiger partial charge < -0.3 is 0 Å². The van der Waals surface area contributed by atoms with Crippen LogP contribution in [0.25, 0.3) is 0 Å². The monoisotopic (exact) mass is 253 g/mol. The van der Waals surface area contributed by atoms with Crippen molar-refractivity contribution >= 4 is 33.4 Å². The number of aliphatic imine (C=N–C) groups is 1. The predicted molar refractivity (Wildman–Crippen MR) is 68.1 cm³/mol. The summed E-state index contributed by atoms with van der Waals surface area (Å²) in [6, 6.07) is 7.26. The molecule has 0 radical (unpaired) electrons. The van der Waals surface area contributed by atoms with E-state index in [0.717, 1.165) is 22.4 Å². The molecule has 84 valence electrons. The third kappa shape index (κ3) is 2.99. The average molecular weight is 253 g/mol. The third-order valence-electron chi connectivity index (χ3n) is 1.97. The van der Waals surface area contributed by atoms with Gasteiger partial charge in [-0.3, -0.25) is 9.20 Å². The highest BCUT2D eigenvalue weighted by Crippen LogP contribution is 2.19. The van der Waals surface area contributed by atoms with Crippen molar-refractivity contribution in [2.24, 2.45) is 15.2 Å². The van der Waals surface area contributed by atoms with Crippen LogP contribution in [0.4, 0.5) is 5.69 Å². The number of azo groups is 1. The van der Waals surface area contributed by atoms with Gasteiger partial charge in [0.2, 0.25) is 5.17 Å². The van der Waals surface area contributed by atoms with E-state index in [4.69, 9.17) is 0 Å². The smallest absolute Gasteiger partial charge is 0.204 e. The molecule has 4 nitrogen and oxygen atoms in total. The number of hydrogen-bond acceptors (Lipinski definition) is 5. The Kier molecular flexibility index (Phi) is 3.84. The molecule has 1 aromatic carbocycles. The topological polar surface area (TPSA) is 54.1 Å². The van der Waals surface area contributed by atoms with Crippen LogP contribution in [0.3, 0.4) is 0 Å². The molecule has 0 fully saturated rings. The van der Waals surface area contributed by atoms with E-state index in [0.29, 0.717) is 5.69 Å². The van der Waals surface area contributed by atoms with Gasteiger partial charge in [0.05, 0.1) is 12.2 Å². The lowest BCUT2D eigenvalue weighted by Crippen LogP contribution is -1.85. The second kappa shape index (κ2) is 5.36. The number of amidine groups is 1. The fraction of sp³-hybridized carbons (Fsp3) is 0.300. The normalized spacial score (nSPS) is 17.7. The van der Waals surface area contributed by atoms with Gasteiger partial charge in [0.25, 0.3) is 0 Å². The Hall–Kier alpha value is -1.01. The van der Waals surface area contributed by atoms with Gasteiger partial charge in [-0.25, -0.2) is 0 Å². The lowest BCUT2D eigenvalue weighted by Gasteiger charge is -1.96. The molecule has 0 saturated heterocycles. The van der Waals surface area contributed by atoms with Crippen LogP contribution in [0.2, 0.25) is 0 Å². The minimum Gasteiger partial charge on any atom is -0.258 e. The van der Waals surface area contributed by atoms with Gasteiger partial charge in [0, 0.05) is 27.7 Å².